The molecule has 0 unspecified atom stereocenters. The van der Waals surface area contributed by atoms with Crippen molar-refractivity contribution in [1.82, 2.24) is 24.6 Å². The molecule has 1 N–H and O–H groups in total. The molecule has 1 saturated carbocycles. The number of nitrogens with one attached hydrogen (secondary N) is 1. The summed E-state index contributed by atoms with van der Waals surface area (Å²) in [6.07, 6.45) is 7.32. The van der Waals surface area contributed by atoms with Gasteiger partial charge in [0.15, 0.2) is 11.3 Å². The van der Waals surface area contributed by atoms with E-state index in [4.69, 9.17) is 10.00 Å². The molecule has 4 rings (SSSR count). The van der Waals surface area contributed by atoms with E-state index in [2.05, 4.69) is 37.6 Å². The zero-order chi connectivity index (χ0) is 16.5. The van der Waals surface area contributed by atoms with Crippen molar-refractivity contribution in [2.75, 3.05) is 6.61 Å². The molecule has 3 atom stereocenters. The molecule has 0 radical (unpaired) electrons. The first-order valence-electron chi connectivity index (χ1n) is 8.47. The molecule has 7 nitrogen and oxygen atoms in total. The van der Waals surface area contributed by atoms with Gasteiger partial charge in [0.05, 0.1) is 36.9 Å². The quantitative estimate of drug-likeness (QED) is 0.729. The minimum absolute atomic E-state index is 0.198. The number of fused-ring (bicyclic) bond motifs is 3. The van der Waals surface area contributed by atoms with Gasteiger partial charge in [-0.1, -0.05) is 13.3 Å². The largest absolute Gasteiger partial charge is 0.377 e. The molecule has 1 aliphatic carbocycles. The molecule has 1 fully saturated rings. The van der Waals surface area contributed by atoms with Crippen LogP contribution in [0.4, 0.5) is 0 Å². The average Bonchev–Trinajstić information content (AvgIpc) is 3.31. The van der Waals surface area contributed by atoms with Gasteiger partial charge in [-0.25, -0.2) is 4.98 Å². The van der Waals surface area contributed by atoms with E-state index in [0.29, 0.717) is 24.9 Å². The first kappa shape index (κ1) is 15.1. The number of ether oxygens (including phenoxy) is 1. The molecule has 7 heteroatoms. The fourth-order valence-electron chi connectivity index (χ4n) is 3.89. The Kier molecular flexibility index (Phi) is 3.90. The Balaban J connectivity index is 1.68. The smallest absolute Gasteiger partial charge is 0.179 e. The molecule has 3 aromatic heterocycles. The summed E-state index contributed by atoms with van der Waals surface area (Å²) < 4.78 is 8.00. The highest BCUT2D eigenvalue weighted by molar-refractivity contribution is 5.74. The van der Waals surface area contributed by atoms with Gasteiger partial charge in [0.25, 0.3) is 0 Å². The monoisotopic (exact) mass is 324 g/mol. The third-order valence-electron chi connectivity index (χ3n) is 5.04. The summed E-state index contributed by atoms with van der Waals surface area (Å²) in [5, 5.41) is 17.5. The highest BCUT2D eigenvalue weighted by Crippen LogP contribution is 2.42. The number of hydrogen-bond donors (Lipinski definition) is 1. The van der Waals surface area contributed by atoms with Gasteiger partial charge in [0, 0.05) is 12.1 Å². The highest BCUT2D eigenvalue weighted by atomic mass is 16.5. The van der Waals surface area contributed by atoms with Crippen LogP contribution < -0.4 is 0 Å². The number of H-pyrrole nitrogens is 1. The van der Waals surface area contributed by atoms with Crippen LogP contribution in [0, 0.1) is 17.2 Å². The Labute approximate surface area is 139 Å². The van der Waals surface area contributed by atoms with Crippen LogP contribution in [0.5, 0.6) is 0 Å². The Morgan fingerprint density at radius 3 is 3.17 bits per heavy atom. The first-order valence-corrected chi connectivity index (χ1v) is 8.47. The molecule has 0 saturated heterocycles. The van der Waals surface area contributed by atoms with Crippen molar-refractivity contribution in [3.63, 3.8) is 0 Å². The SMILES string of the molecule is CC[C@@H]1C[C@H](OCCC#N)C[C@H]1c1nnc2cnc3[nH]ccc3n12. The molecule has 24 heavy (non-hydrogen) atoms. The van der Waals surface area contributed by atoms with Crippen molar-refractivity contribution in [2.45, 2.75) is 44.6 Å². The van der Waals surface area contributed by atoms with E-state index < -0.39 is 0 Å². The third-order valence-corrected chi connectivity index (χ3v) is 5.04. The maximum atomic E-state index is 8.68. The van der Waals surface area contributed by atoms with Gasteiger partial charge < -0.3 is 9.72 Å². The zero-order valence-electron chi connectivity index (χ0n) is 13.6. The van der Waals surface area contributed by atoms with Crippen LogP contribution in [0.1, 0.15) is 44.3 Å². The van der Waals surface area contributed by atoms with Crippen LogP contribution in [0.25, 0.3) is 16.8 Å². The van der Waals surface area contributed by atoms with Gasteiger partial charge in [-0.15, -0.1) is 10.2 Å². The predicted molar refractivity (Wildman–Crippen MR) is 88.4 cm³/mol. The lowest BCUT2D eigenvalue weighted by atomic mass is 9.93. The van der Waals surface area contributed by atoms with Crippen molar-refractivity contribution in [1.29, 1.82) is 5.26 Å². The fraction of sp³-hybridized carbons (Fsp3) is 0.529. The molecule has 124 valence electrons. The summed E-state index contributed by atoms with van der Waals surface area (Å²) in [6, 6.07) is 4.15. The number of aromatic amines is 1. The van der Waals surface area contributed by atoms with Crippen molar-refractivity contribution >= 4 is 16.8 Å². The Bertz CT molecular complexity index is 891. The number of hydrogen-bond acceptors (Lipinski definition) is 5. The highest BCUT2D eigenvalue weighted by Gasteiger charge is 2.37. The van der Waals surface area contributed by atoms with Gasteiger partial charge in [0.1, 0.15) is 5.82 Å². The van der Waals surface area contributed by atoms with Gasteiger partial charge >= 0.3 is 0 Å². The summed E-state index contributed by atoms with van der Waals surface area (Å²) >= 11 is 0. The second-order valence-electron chi connectivity index (χ2n) is 6.37. The molecule has 1 aliphatic rings. The average molecular weight is 324 g/mol. The van der Waals surface area contributed by atoms with Crippen LogP contribution in [0.3, 0.4) is 0 Å². The van der Waals surface area contributed by atoms with E-state index in [1.807, 2.05) is 12.3 Å². The Hall–Kier alpha value is -2.46. The molecule has 0 aliphatic heterocycles. The predicted octanol–water partition coefficient (Wildman–Crippen LogP) is 2.81. The summed E-state index contributed by atoms with van der Waals surface area (Å²) in [5.74, 6) is 1.83. The third kappa shape index (κ3) is 2.43. The summed E-state index contributed by atoms with van der Waals surface area (Å²) in [4.78, 5) is 7.52. The second kappa shape index (κ2) is 6.21. The lowest BCUT2D eigenvalue weighted by Crippen LogP contribution is -2.10. The molecule has 3 heterocycles. The molecule has 3 aromatic rings. The van der Waals surface area contributed by atoms with E-state index >= 15 is 0 Å². The van der Waals surface area contributed by atoms with Gasteiger partial charge in [0.2, 0.25) is 0 Å². The second-order valence-corrected chi connectivity index (χ2v) is 6.37. The number of nitriles is 1. The first-order chi connectivity index (χ1) is 11.8. The van der Waals surface area contributed by atoms with Gasteiger partial charge in [-0.2, -0.15) is 5.26 Å². The molecule has 0 aromatic carbocycles. The van der Waals surface area contributed by atoms with Crippen LogP contribution in [0.15, 0.2) is 18.5 Å². The maximum Gasteiger partial charge on any atom is 0.179 e. The number of nitrogens with zero attached hydrogens (tertiary/aromatic N) is 5. The minimum Gasteiger partial charge on any atom is -0.377 e. The summed E-state index contributed by atoms with van der Waals surface area (Å²) in [7, 11) is 0. The van der Waals surface area contributed by atoms with E-state index in [1.54, 1.807) is 6.20 Å². The van der Waals surface area contributed by atoms with Crippen LogP contribution in [-0.4, -0.2) is 37.3 Å². The maximum absolute atomic E-state index is 8.68. The van der Waals surface area contributed by atoms with Crippen LogP contribution >= 0.6 is 0 Å². The van der Waals surface area contributed by atoms with E-state index in [0.717, 1.165) is 41.9 Å². The van der Waals surface area contributed by atoms with E-state index in [-0.39, 0.29) is 6.10 Å². The number of rotatable bonds is 5. The fourth-order valence-corrected chi connectivity index (χ4v) is 3.89. The number of aromatic nitrogens is 5. The van der Waals surface area contributed by atoms with E-state index in [1.165, 1.54) is 0 Å². The van der Waals surface area contributed by atoms with Crippen molar-refractivity contribution < 1.29 is 4.74 Å². The van der Waals surface area contributed by atoms with E-state index in [9.17, 15) is 0 Å². The van der Waals surface area contributed by atoms with Crippen molar-refractivity contribution in [2.24, 2.45) is 5.92 Å². The standard InChI is InChI=1S/C17H20N6O/c1-2-11-8-12(24-7-3-5-18)9-13(11)17-22-21-15-10-20-16-14(23(15)17)4-6-19-16/h4,6,10-13,19H,2-3,7-9H2,1H3/t11-,12+,13-/m1/s1. The van der Waals surface area contributed by atoms with Crippen molar-refractivity contribution in [3.05, 3.63) is 24.3 Å². The topological polar surface area (TPSA) is 91.9 Å². The van der Waals surface area contributed by atoms with Crippen LogP contribution in [0.2, 0.25) is 0 Å². The summed E-state index contributed by atoms with van der Waals surface area (Å²) in [5.41, 5.74) is 2.63. The molecular weight excluding hydrogens is 304 g/mol. The molecule has 0 amide bonds. The zero-order valence-corrected chi connectivity index (χ0v) is 13.6. The Morgan fingerprint density at radius 1 is 1.42 bits per heavy atom. The Morgan fingerprint density at radius 2 is 2.33 bits per heavy atom. The lowest BCUT2D eigenvalue weighted by Gasteiger charge is -2.15. The van der Waals surface area contributed by atoms with Crippen molar-refractivity contribution in [3.8, 4) is 6.07 Å². The normalized spacial score (nSPS) is 23.9. The minimum atomic E-state index is 0.198. The van der Waals surface area contributed by atoms with Crippen LogP contribution in [-0.2, 0) is 4.74 Å². The van der Waals surface area contributed by atoms with Gasteiger partial charge in [-0.3, -0.25) is 4.40 Å². The van der Waals surface area contributed by atoms with Gasteiger partial charge in [-0.05, 0) is 24.8 Å². The molecule has 0 spiro atoms. The lowest BCUT2D eigenvalue weighted by molar-refractivity contribution is 0.0588. The summed E-state index contributed by atoms with van der Waals surface area (Å²) in [6.45, 7) is 2.73. The molecular formula is C17H20N6O. The molecule has 0 bridgehead atoms.